The lowest BCUT2D eigenvalue weighted by Gasteiger charge is -2.39. The summed E-state index contributed by atoms with van der Waals surface area (Å²) < 4.78 is 1.85. The number of aromatic nitrogens is 3. The number of hydrogen-bond acceptors (Lipinski definition) is 6. The first-order valence-electron chi connectivity index (χ1n) is 14.2. The Bertz CT molecular complexity index is 1430. The molecule has 3 amide bonds. The Morgan fingerprint density at radius 3 is 2.52 bits per heavy atom. The molecule has 1 fully saturated rings. The zero-order valence-corrected chi connectivity index (χ0v) is 24.1. The molecule has 3 aliphatic heterocycles. The molecule has 0 saturated carbocycles. The van der Waals surface area contributed by atoms with Crippen molar-refractivity contribution >= 4 is 40.0 Å². The molecule has 0 spiro atoms. The van der Waals surface area contributed by atoms with Gasteiger partial charge in [0.05, 0.1) is 28.8 Å². The second-order valence-corrected chi connectivity index (χ2v) is 11.4. The maximum absolute atomic E-state index is 13.5. The number of carbonyl (C=O) groups is 3. The van der Waals surface area contributed by atoms with Crippen LogP contribution in [-0.2, 0) is 9.59 Å². The van der Waals surface area contributed by atoms with Gasteiger partial charge in [0.2, 0.25) is 5.91 Å². The number of allylic oxidation sites excluding steroid dienone is 1. The highest BCUT2D eigenvalue weighted by molar-refractivity contribution is 6.07. The van der Waals surface area contributed by atoms with Crippen molar-refractivity contribution in [1.29, 1.82) is 0 Å². The van der Waals surface area contributed by atoms with Crippen molar-refractivity contribution in [2.75, 3.05) is 32.7 Å². The molecule has 0 radical (unpaired) electrons. The van der Waals surface area contributed by atoms with Crippen LogP contribution in [-0.4, -0.2) is 86.8 Å². The average molecular weight is 546 g/mol. The molecule has 212 valence electrons. The first kappa shape index (κ1) is 27.9. The van der Waals surface area contributed by atoms with Crippen LogP contribution in [0.2, 0.25) is 0 Å². The van der Waals surface area contributed by atoms with Crippen molar-refractivity contribution in [1.82, 2.24) is 29.9 Å². The lowest BCUT2D eigenvalue weighted by atomic mass is 9.95. The van der Waals surface area contributed by atoms with Crippen LogP contribution in [0, 0.1) is 5.92 Å². The van der Waals surface area contributed by atoms with Gasteiger partial charge in [0.1, 0.15) is 0 Å². The molecular formula is C30H39N7O3. The van der Waals surface area contributed by atoms with Crippen LogP contribution < -0.4 is 5.32 Å². The monoisotopic (exact) mass is 545 g/mol. The zero-order valence-electron chi connectivity index (χ0n) is 24.1. The van der Waals surface area contributed by atoms with E-state index >= 15 is 0 Å². The Morgan fingerprint density at radius 2 is 1.90 bits per heavy atom. The van der Waals surface area contributed by atoms with Gasteiger partial charge in [-0.1, -0.05) is 11.6 Å². The van der Waals surface area contributed by atoms with Crippen molar-refractivity contribution in [2.24, 2.45) is 10.9 Å². The molecule has 1 atom stereocenters. The van der Waals surface area contributed by atoms with Crippen LogP contribution >= 0.6 is 0 Å². The van der Waals surface area contributed by atoms with Gasteiger partial charge in [-0.2, -0.15) is 5.10 Å². The maximum Gasteiger partial charge on any atom is 0.254 e. The molecule has 2 aromatic rings. The summed E-state index contributed by atoms with van der Waals surface area (Å²) >= 11 is 0. The van der Waals surface area contributed by atoms with Crippen LogP contribution in [0.5, 0.6) is 0 Å². The fourth-order valence-electron chi connectivity index (χ4n) is 5.99. The van der Waals surface area contributed by atoms with E-state index in [4.69, 9.17) is 4.98 Å². The number of hydrogen-bond donors (Lipinski definition) is 1. The minimum atomic E-state index is -0.461. The van der Waals surface area contributed by atoms with Crippen molar-refractivity contribution in [3.8, 4) is 0 Å². The van der Waals surface area contributed by atoms with E-state index in [1.165, 1.54) is 0 Å². The largest absolute Gasteiger partial charge is 0.351 e. The summed E-state index contributed by atoms with van der Waals surface area (Å²) in [5.41, 5.74) is 4.69. The number of aliphatic imine (C=N–C) groups is 1. The molecule has 10 nitrogen and oxygen atoms in total. The maximum atomic E-state index is 13.5. The third kappa shape index (κ3) is 5.63. The van der Waals surface area contributed by atoms with E-state index in [-0.39, 0.29) is 30.3 Å². The van der Waals surface area contributed by atoms with E-state index in [9.17, 15) is 14.4 Å². The van der Waals surface area contributed by atoms with Crippen LogP contribution in [0.15, 0.2) is 35.0 Å². The fraction of sp³-hybridized carbons (Fsp3) is 0.533. The predicted octanol–water partition coefficient (Wildman–Crippen LogP) is 3.41. The van der Waals surface area contributed by atoms with Gasteiger partial charge in [-0.3, -0.25) is 19.3 Å². The van der Waals surface area contributed by atoms with Gasteiger partial charge in [0.25, 0.3) is 11.8 Å². The molecule has 1 saturated heterocycles. The summed E-state index contributed by atoms with van der Waals surface area (Å²) in [7, 11) is 0. The van der Waals surface area contributed by atoms with Crippen molar-refractivity contribution in [3.63, 3.8) is 0 Å². The number of piperidine rings is 1. The van der Waals surface area contributed by atoms with Crippen LogP contribution in [0.1, 0.15) is 76.0 Å². The Morgan fingerprint density at radius 1 is 1.15 bits per heavy atom. The van der Waals surface area contributed by atoms with Gasteiger partial charge in [-0.25, -0.2) is 14.7 Å². The molecule has 5 heterocycles. The topological polar surface area (TPSA) is 113 Å². The normalized spacial score (nSPS) is 20.9. The van der Waals surface area contributed by atoms with E-state index in [1.807, 2.05) is 42.5 Å². The van der Waals surface area contributed by atoms with Crippen LogP contribution in [0.25, 0.3) is 16.6 Å². The SMILES string of the molecule is CC(=O)N1CCC(N2CC=C(c3cc(C(=O)NCC4C(=O)N=C(C)C=C4C)c4cnn(C(C)C)c4n3)CC2)CC1. The second kappa shape index (κ2) is 11.4. The molecule has 3 aliphatic rings. The van der Waals surface area contributed by atoms with Gasteiger partial charge < -0.3 is 10.2 Å². The van der Waals surface area contributed by atoms with E-state index in [0.717, 1.165) is 62.3 Å². The van der Waals surface area contributed by atoms with Gasteiger partial charge in [0, 0.05) is 57.4 Å². The van der Waals surface area contributed by atoms with Crippen molar-refractivity contribution in [2.45, 2.75) is 66.0 Å². The molecule has 1 unspecified atom stereocenters. The number of rotatable bonds is 6. The number of nitrogens with zero attached hydrogens (tertiary/aromatic N) is 6. The van der Waals surface area contributed by atoms with Crippen LogP contribution in [0.4, 0.5) is 0 Å². The van der Waals surface area contributed by atoms with E-state index in [1.54, 1.807) is 20.0 Å². The number of nitrogens with one attached hydrogen (secondary N) is 1. The van der Waals surface area contributed by atoms with Crippen molar-refractivity contribution in [3.05, 3.63) is 41.2 Å². The lowest BCUT2D eigenvalue weighted by Crippen LogP contribution is -2.47. The Kier molecular flexibility index (Phi) is 7.98. The minimum absolute atomic E-state index is 0.0848. The first-order chi connectivity index (χ1) is 19.1. The number of dihydropyridines is 1. The highest BCUT2D eigenvalue weighted by Crippen LogP contribution is 2.29. The van der Waals surface area contributed by atoms with Gasteiger partial charge in [-0.05, 0) is 64.7 Å². The van der Waals surface area contributed by atoms with E-state index in [0.29, 0.717) is 28.4 Å². The molecule has 40 heavy (non-hydrogen) atoms. The van der Waals surface area contributed by atoms with Gasteiger partial charge >= 0.3 is 0 Å². The summed E-state index contributed by atoms with van der Waals surface area (Å²) in [6.07, 6.45) is 8.64. The van der Waals surface area contributed by atoms with Crippen molar-refractivity contribution < 1.29 is 14.4 Å². The number of amides is 3. The summed E-state index contributed by atoms with van der Waals surface area (Å²) in [5, 5.41) is 8.21. The Labute approximate surface area is 235 Å². The number of carbonyl (C=O) groups excluding carboxylic acids is 3. The average Bonchev–Trinajstić information content (AvgIpc) is 3.36. The summed E-state index contributed by atoms with van der Waals surface area (Å²) in [6.45, 7) is 13.0. The molecule has 5 rings (SSSR count). The number of fused-ring (bicyclic) bond motifs is 1. The number of pyridine rings is 1. The molecule has 0 bridgehead atoms. The predicted molar refractivity (Wildman–Crippen MR) is 155 cm³/mol. The quantitative estimate of drug-likeness (QED) is 0.595. The highest BCUT2D eigenvalue weighted by atomic mass is 16.2. The van der Waals surface area contributed by atoms with Crippen LogP contribution in [0.3, 0.4) is 0 Å². The fourth-order valence-corrected chi connectivity index (χ4v) is 5.99. The van der Waals surface area contributed by atoms with Gasteiger partial charge in [-0.15, -0.1) is 0 Å². The molecule has 0 aliphatic carbocycles. The van der Waals surface area contributed by atoms with E-state index in [2.05, 4.69) is 26.4 Å². The molecule has 10 heteroatoms. The summed E-state index contributed by atoms with van der Waals surface area (Å²) in [4.78, 5) is 51.2. The number of likely N-dealkylation sites (tertiary alicyclic amines) is 1. The molecule has 1 N–H and O–H groups in total. The smallest absolute Gasteiger partial charge is 0.254 e. The third-order valence-electron chi connectivity index (χ3n) is 8.33. The molecular weight excluding hydrogens is 506 g/mol. The molecule has 0 aromatic carbocycles. The zero-order chi connectivity index (χ0) is 28.6. The highest BCUT2D eigenvalue weighted by Gasteiger charge is 2.28. The minimum Gasteiger partial charge on any atom is -0.351 e. The Hall–Kier alpha value is -3.66. The third-order valence-corrected chi connectivity index (χ3v) is 8.33. The summed E-state index contributed by atoms with van der Waals surface area (Å²) in [5.74, 6) is -0.784. The lowest BCUT2D eigenvalue weighted by molar-refractivity contribution is -0.130. The van der Waals surface area contributed by atoms with Gasteiger partial charge in [0.15, 0.2) is 5.65 Å². The second-order valence-electron chi connectivity index (χ2n) is 11.4. The Balaban J connectivity index is 1.36. The standard InChI is InChI=1S/C30H39N7O3/c1-18(2)37-28-26(17-32-37)24(29(39)31-16-25-19(3)14-20(4)33-30(25)40)15-27(34-28)22-6-10-36(11-7-22)23-8-12-35(13-9-23)21(5)38/h6,14-15,17-18,23,25H,7-13,16H2,1-5H3,(H,31,39). The first-order valence-corrected chi connectivity index (χ1v) is 14.2. The summed E-state index contributed by atoms with van der Waals surface area (Å²) in [6, 6.07) is 2.42. The molecule has 2 aromatic heterocycles. The van der Waals surface area contributed by atoms with E-state index < -0.39 is 5.92 Å².